The van der Waals surface area contributed by atoms with Crippen LogP contribution in [0, 0.1) is 11.3 Å². The number of carbonyl (C=O) groups is 2. The summed E-state index contributed by atoms with van der Waals surface area (Å²) >= 11 is 3.97. The minimum atomic E-state index is -0.796. The van der Waals surface area contributed by atoms with Crippen LogP contribution >= 0.6 is 12.6 Å². The molecule has 0 fully saturated rings. The smallest absolute Gasteiger partial charge is 0.351 e. The molecule has 21 heavy (non-hydrogen) atoms. The molecule has 0 spiro atoms. The Kier molecular flexibility index (Phi) is 6.84. The van der Waals surface area contributed by atoms with Crippen molar-refractivity contribution in [3.63, 3.8) is 0 Å². The van der Waals surface area contributed by atoms with Gasteiger partial charge in [0, 0.05) is 0 Å². The first kappa shape index (κ1) is 16.6. The van der Waals surface area contributed by atoms with E-state index in [-0.39, 0.29) is 29.5 Å². The molecule has 0 saturated heterocycles. The lowest BCUT2D eigenvalue weighted by atomic mass is 10.1. The number of ether oxygens (including phenoxy) is 1. The molecule has 7 heteroatoms. The van der Waals surface area contributed by atoms with Gasteiger partial charge in [-0.05, 0) is 12.5 Å². The van der Waals surface area contributed by atoms with E-state index in [1.54, 1.807) is 13.0 Å². The number of rotatable bonds is 6. The van der Waals surface area contributed by atoms with Crippen LogP contribution in [0.5, 0.6) is 0 Å². The van der Waals surface area contributed by atoms with Crippen molar-refractivity contribution >= 4 is 24.5 Å². The van der Waals surface area contributed by atoms with E-state index in [2.05, 4.69) is 23.5 Å². The van der Waals surface area contributed by atoms with Crippen LogP contribution in [0.25, 0.3) is 0 Å². The van der Waals surface area contributed by atoms with Crippen LogP contribution in [0.3, 0.4) is 0 Å². The molecule has 1 aromatic carbocycles. The topological polar surface area (TPSA) is 91.2 Å². The molecule has 1 aromatic rings. The van der Waals surface area contributed by atoms with E-state index >= 15 is 0 Å². The van der Waals surface area contributed by atoms with Crippen molar-refractivity contribution in [2.45, 2.75) is 13.3 Å². The van der Waals surface area contributed by atoms with Gasteiger partial charge in [-0.3, -0.25) is 15.6 Å². The van der Waals surface area contributed by atoms with Crippen LogP contribution in [0.4, 0.5) is 0 Å². The number of nitrogens with zero attached hydrogens (tertiary/aromatic N) is 1. The molecule has 0 heterocycles. The number of hydrazine groups is 1. The van der Waals surface area contributed by atoms with Crippen LogP contribution in [0.1, 0.15) is 12.5 Å². The van der Waals surface area contributed by atoms with Gasteiger partial charge in [0.2, 0.25) is 5.91 Å². The summed E-state index contributed by atoms with van der Waals surface area (Å²) < 4.78 is 4.70. The maximum Gasteiger partial charge on any atom is 0.351 e. The Hall–Kier alpha value is -2.46. The molecule has 0 saturated carbocycles. The second-order valence-corrected chi connectivity index (χ2v) is 4.34. The van der Waals surface area contributed by atoms with Crippen molar-refractivity contribution in [1.82, 2.24) is 10.9 Å². The van der Waals surface area contributed by atoms with Gasteiger partial charge in [-0.1, -0.05) is 30.3 Å². The Morgan fingerprint density at radius 2 is 1.95 bits per heavy atom. The number of hydrogen-bond donors (Lipinski definition) is 3. The maximum absolute atomic E-state index is 11.7. The molecule has 6 nitrogen and oxygen atoms in total. The molecule has 1 amide bonds. The van der Waals surface area contributed by atoms with Crippen LogP contribution in [-0.4, -0.2) is 18.5 Å². The van der Waals surface area contributed by atoms with Crippen LogP contribution in [0.2, 0.25) is 0 Å². The second-order valence-electron chi connectivity index (χ2n) is 3.89. The Bertz CT molecular complexity index is 579. The number of esters is 1. The summed E-state index contributed by atoms with van der Waals surface area (Å²) in [5.74, 6) is -1.12. The van der Waals surface area contributed by atoms with Crippen LogP contribution < -0.4 is 10.9 Å². The van der Waals surface area contributed by atoms with Gasteiger partial charge in [0.15, 0.2) is 5.57 Å². The Morgan fingerprint density at radius 3 is 2.52 bits per heavy atom. The fourth-order valence-electron chi connectivity index (χ4n) is 1.42. The Morgan fingerprint density at radius 1 is 1.29 bits per heavy atom. The van der Waals surface area contributed by atoms with Crippen LogP contribution in [0.15, 0.2) is 40.9 Å². The van der Waals surface area contributed by atoms with E-state index in [1.807, 2.05) is 30.3 Å². The van der Waals surface area contributed by atoms with Gasteiger partial charge in [-0.2, -0.15) is 5.26 Å². The summed E-state index contributed by atoms with van der Waals surface area (Å²) in [6.45, 7) is 1.77. The predicted octanol–water partition coefficient (Wildman–Crippen LogP) is 1.08. The SMILES string of the molecule is CCOC(=O)C(C#N)=C(S)NNC(=O)Cc1ccccc1. The normalized spacial score (nSPS) is 10.9. The van der Waals surface area contributed by atoms with Crippen molar-refractivity contribution in [2.24, 2.45) is 0 Å². The largest absolute Gasteiger partial charge is 0.462 e. The van der Waals surface area contributed by atoms with E-state index < -0.39 is 5.97 Å². The zero-order valence-electron chi connectivity index (χ0n) is 11.4. The van der Waals surface area contributed by atoms with Gasteiger partial charge in [0.25, 0.3) is 0 Å². The van der Waals surface area contributed by atoms with E-state index in [1.165, 1.54) is 0 Å². The first-order valence-electron chi connectivity index (χ1n) is 6.17. The molecule has 0 unspecified atom stereocenters. The fraction of sp³-hybridized carbons (Fsp3) is 0.214. The number of nitriles is 1. The van der Waals surface area contributed by atoms with Gasteiger partial charge in [-0.25, -0.2) is 4.79 Å². The molecular formula is C14H15N3O3S. The number of nitrogens with one attached hydrogen (secondary N) is 2. The molecule has 1 rings (SSSR count). The van der Waals surface area contributed by atoms with E-state index in [0.717, 1.165) is 5.56 Å². The van der Waals surface area contributed by atoms with Gasteiger partial charge in [0.1, 0.15) is 11.1 Å². The summed E-state index contributed by atoms with van der Waals surface area (Å²) in [7, 11) is 0. The molecule has 110 valence electrons. The highest BCUT2D eigenvalue weighted by Gasteiger charge is 2.15. The highest BCUT2D eigenvalue weighted by atomic mass is 32.1. The summed E-state index contributed by atoms with van der Waals surface area (Å²) in [5, 5.41) is 8.81. The predicted molar refractivity (Wildman–Crippen MR) is 79.7 cm³/mol. The number of carbonyl (C=O) groups excluding carboxylic acids is 2. The molecule has 0 bridgehead atoms. The minimum absolute atomic E-state index is 0.0719. The van der Waals surface area contributed by atoms with E-state index in [0.29, 0.717) is 0 Å². The second kappa shape index (κ2) is 8.66. The van der Waals surface area contributed by atoms with Crippen LogP contribution in [-0.2, 0) is 20.7 Å². The molecule has 0 aliphatic heterocycles. The average molecular weight is 305 g/mol. The first-order chi connectivity index (χ1) is 10.1. The Balaban J connectivity index is 2.58. The van der Waals surface area contributed by atoms with Crippen molar-refractivity contribution in [2.75, 3.05) is 6.61 Å². The van der Waals surface area contributed by atoms with Gasteiger partial charge < -0.3 is 4.74 Å². The minimum Gasteiger partial charge on any atom is -0.462 e. The summed E-state index contributed by atoms with van der Waals surface area (Å²) in [6, 6.07) is 10.8. The van der Waals surface area contributed by atoms with Gasteiger partial charge in [-0.15, -0.1) is 12.6 Å². The maximum atomic E-state index is 11.7. The monoisotopic (exact) mass is 305 g/mol. The average Bonchev–Trinajstić information content (AvgIpc) is 2.47. The van der Waals surface area contributed by atoms with Crippen molar-refractivity contribution < 1.29 is 14.3 Å². The molecule has 0 radical (unpaired) electrons. The number of hydrogen-bond acceptors (Lipinski definition) is 6. The highest BCUT2D eigenvalue weighted by Crippen LogP contribution is 2.06. The highest BCUT2D eigenvalue weighted by molar-refractivity contribution is 7.84. The molecule has 0 atom stereocenters. The zero-order valence-corrected chi connectivity index (χ0v) is 12.3. The Labute approximate surface area is 128 Å². The standard InChI is InChI=1S/C14H15N3O3S/c1-2-20-14(19)11(9-15)13(21)17-16-12(18)8-10-6-4-3-5-7-10/h3-7,17,21H,2,8H2,1H3,(H,16,18). The van der Waals surface area contributed by atoms with E-state index in [9.17, 15) is 9.59 Å². The lowest BCUT2D eigenvalue weighted by Crippen LogP contribution is -2.37. The third kappa shape index (κ3) is 5.58. The van der Waals surface area contributed by atoms with Crippen molar-refractivity contribution in [3.05, 3.63) is 46.5 Å². The van der Waals surface area contributed by atoms with Gasteiger partial charge in [0.05, 0.1) is 13.0 Å². The molecule has 2 N–H and O–H groups in total. The lowest BCUT2D eigenvalue weighted by molar-refractivity contribution is -0.138. The fourth-order valence-corrected chi connectivity index (χ4v) is 1.61. The number of amides is 1. The first-order valence-corrected chi connectivity index (χ1v) is 6.62. The van der Waals surface area contributed by atoms with E-state index in [4.69, 9.17) is 10.00 Å². The molecular weight excluding hydrogens is 290 g/mol. The quantitative estimate of drug-likeness (QED) is 0.240. The molecule has 0 aliphatic rings. The van der Waals surface area contributed by atoms with Gasteiger partial charge >= 0.3 is 5.97 Å². The number of benzene rings is 1. The lowest BCUT2D eigenvalue weighted by Gasteiger charge is -2.09. The molecule has 0 aliphatic carbocycles. The van der Waals surface area contributed by atoms with Crippen molar-refractivity contribution in [1.29, 1.82) is 5.26 Å². The summed E-state index contributed by atoms with van der Waals surface area (Å²) in [6.07, 6.45) is 0.163. The third-order valence-electron chi connectivity index (χ3n) is 2.36. The summed E-state index contributed by atoms with van der Waals surface area (Å²) in [5.41, 5.74) is 5.31. The zero-order chi connectivity index (χ0) is 15.7. The third-order valence-corrected chi connectivity index (χ3v) is 2.69. The molecule has 0 aromatic heterocycles. The number of thiol groups is 1. The van der Waals surface area contributed by atoms with Crippen molar-refractivity contribution in [3.8, 4) is 6.07 Å². The summed E-state index contributed by atoms with van der Waals surface area (Å²) in [4.78, 5) is 23.1.